The molecular formula is C14H24N6. The molecule has 2 aromatic heterocycles. The Morgan fingerprint density at radius 3 is 2.90 bits per heavy atom. The molecule has 0 saturated heterocycles. The van der Waals surface area contributed by atoms with Gasteiger partial charge in [0.2, 0.25) is 0 Å². The van der Waals surface area contributed by atoms with E-state index in [4.69, 9.17) is 5.73 Å². The van der Waals surface area contributed by atoms with E-state index in [1.54, 1.807) is 6.33 Å². The van der Waals surface area contributed by atoms with Gasteiger partial charge in [0.1, 0.15) is 11.8 Å². The number of imidazole rings is 1. The lowest BCUT2D eigenvalue weighted by molar-refractivity contribution is 0.238. The third-order valence-electron chi connectivity index (χ3n) is 3.80. The Kier molecular flexibility index (Phi) is 4.89. The summed E-state index contributed by atoms with van der Waals surface area (Å²) < 4.78 is 2.05. The molecule has 2 heterocycles. The summed E-state index contributed by atoms with van der Waals surface area (Å²) in [5.41, 5.74) is 7.30. The highest BCUT2D eigenvalue weighted by molar-refractivity contribution is 5.80. The smallest absolute Gasteiger partial charge is 0.165 e. The van der Waals surface area contributed by atoms with Gasteiger partial charge in [0, 0.05) is 12.6 Å². The van der Waals surface area contributed by atoms with Crippen molar-refractivity contribution < 1.29 is 0 Å². The molecule has 0 saturated carbocycles. The molecule has 6 nitrogen and oxygen atoms in total. The molecular weight excluding hydrogens is 252 g/mol. The van der Waals surface area contributed by atoms with Crippen LogP contribution in [0.1, 0.15) is 33.1 Å². The molecule has 0 radical (unpaired) electrons. The van der Waals surface area contributed by atoms with E-state index in [1.165, 1.54) is 19.2 Å². The number of nitrogen functional groups attached to an aromatic ring is 1. The van der Waals surface area contributed by atoms with Crippen LogP contribution in [0.2, 0.25) is 0 Å². The zero-order valence-electron chi connectivity index (χ0n) is 12.6. The van der Waals surface area contributed by atoms with Crippen molar-refractivity contribution in [2.75, 3.05) is 19.3 Å². The van der Waals surface area contributed by atoms with Crippen molar-refractivity contribution in [3.8, 4) is 0 Å². The van der Waals surface area contributed by atoms with Gasteiger partial charge < -0.3 is 15.2 Å². The fourth-order valence-electron chi connectivity index (χ4n) is 2.41. The molecule has 1 unspecified atom stereocenters. The Morgan fingerprint density at radius 2 is 2.15 bits per heavy atom. The average molecular weight is 276 g/mol. The number of rotatable bonds is 7. The van der Waals surface area contributed by atoms with Crippen molar-refractivity contribution in [2.24, 2.45) is 0 Å². The maximum atomic E-state index is 5.78. The number of aromatic nitrogens is 4. The lowest BCUT2D eigenvalue weighted by atomic mass is 10.1. The van der Waals surface area contributed by atoms with Crippen LogP contribution >= 0.6 is 0 Å². The minimum atomic E-state index is 0.447. The third kappa shape index (κ3) is 3.25. The minimum Gasteiger partial charge on any atom is -0.382 e. The Morgan fingerprint density at radius 1 is 1.35 bits per heavy atom. The van der Waals surface area contributed by atoms with Crippen LogP contribution in [0.4, 0.5) is 5.82 Å². The number of nitrogens with zero attached hydrogens (tertiary/aromatic N) is 5. The normalized spacial score (nSPS) is 13.2. The zero-order chi connectivity index (χ0) is 14.5. The summed E-state index contributed by atoms with van der Waals surface area (Å²) in [6, 6.07) is 0.637. The first-order chi connectivity index (χ1) is 9.63. The van der Waals surface area contributed by atoms with Gasteiger partial charge in [-0.3, -0.25) is 0 Å². The van der Waals surface area contributed by atoms with Crippen LogP contribution in [-0.4, -0.2) is 44.1 Å². The topological polar surface area (TPSA) is 72.9 Å². The van der Waals surface area contributed by atoms with Gasteiger partial charge in [-0.05, 0) is 33.4 Å². The highest BCUT2D eigenvalue weighted by atomic mass is 15.1. The summed E-state index contributed by atoms with van der Waals surface area (Å²) in [6.45, 7) is 6.48. The predicted octanol–water partition coefficient (Wildman–Crippen LogP) is 1.92. The molecule has 0 aliphatic heterocycles. The molecule has 20 heavy (non-hydrogen) atoms. The second-order valence-electron chi connectivity index (χ2n) is 5.34. The number of aryl methyl sites for hydroxylation is 1. The van der Waals surface area contributed by atoms with Crippen LogP contribution in [0.25, 0.3) is 11.2 Å². The van der Waals surface area contributed by atoms with Crippen LogP contribution in [0, 0.1) is 0 Å². The Bertz CT molecular complexity index is 550. The van der Waals surface area contributed by atoms with Crippen LogP contribution in [0.5, 0.6) is 0 Å². The molecule has 0 aliphatic carbocycles. The number of fused-ring (bicyclic) bond motifs is 1. The van der Waals surface area contributed by atoms with E-state index >= 15 is 0 Å². The second-order valence-corrected chi connectivity index (χ2v) is 5.34. The van der Waals surface area contributed by atoms with E-state index in [9.17, 15) is 0 Å². The molecule has 2 rings (SSSR count). The van der Waals surface area contributed by atoms with E-state index in [0.717, 1.165) is 25.2 Å². The highest BCUT2D eigenvalue weighted by Gasteiger charge is 2.09. The maximum Gasteiger partial charge on any atom is 0.165 e. The first-order valence-electron chi connectivity index (χ1n) is 7.25. The van der Waals surface area contributed by atoms with Crippen LogP contribution in [0.15, 0.2) is 12.7 Å². The second kappa shape index (κ2) is 6.65. The van der Waals surface area contributed by atoms with Gasteiger partial charge >= 0.3 is 0 Å². The molecule has 1 atom stereocenters. The molecule has 0 fully saturated rings. The van der Waals surface area contributed by atoms with Crippen LogP contribution < -0.4 is 5.73 Å². The SMILES string of the molecule is CCCC(C)N(C)CCCn1cnc2c(N)ncnc21. The monoisotopic (exact) mass is 276 g/mol. The van der Waals surface area contributed by atoms with Crippen molar-refractivity contribution >= 4 is 17.0 Å². The van der Waals surface area contributed by atoms with Crippen molar-refractivity contribution in [3.05, 3.63) is 12.7 Å². The van der Waals surface area contributed by atoms with E-state index < -0.39 is 0 Å². The van der Waals surface area contributed by atoms with Gasteiger partial charge in [0.15, 0.2) is 11.5 Å². The van der Waals surface area contributed by atoms with E-state index in [2.05, 4.69) is 40.7 Å². The predicted molar refractivity (Wildman–Crippen MR) is 81.4 cm³/mol. The van der Waals surface area contributed by atoms with Gasteiger partial charge in [0.05, 0.1) is 6.33 Å². The largest absolute Gasteiger partial charge is 0.382 e. The molecule has 0 aliphatic rings. The highest BCUT2D eigenvalue weighted by Crippen LogP contribution is 2.14. The maximum absolute atomic E-state index is 5.78. The van der Waals surface area contributed by atoms with Gasteiger partial charge in [0.25, 0.3) is 0 Å². The summed E-state index contributed by atoms with van der Waals surface area (Å²) in [5.74, 6) is 0.447. The number of hydrogen-bond acceptors (Lipinski definition) is 5. The number of anilines is 1. The summed E-state index contributed by atoms with van der Waals surface area (Å²) in [4.78, 5) is 14.9. The first kappa shape index (κ1) is 14.7. The molecule has 0 bridgehead atoms. The van der Waals surface area contributed by atoms with Gasteiger partial charge in [-0.25, -0.2) is 15.0 Å². The van der Waals surface area contributed by atoms with Gasteiger partial charge in [-0.1, -0.05) is 13.3 Å². The lowest BCUT2D eigenvalue weighted by Crippen LogP contribution is -2.30. The average Bonchev–Trinajstić information content (AvgIpc) is 2.84. The lowest BCUT2D eigenvalue weighted by Gasteiger charge is -2.24. The number of hydrogen-bond donors (Lipinski definition) is 1. The molecule has 0 spiro atoms. The van der Waals surface area contributed by atoms with Crippen molar-refractivity contribution in [2.45, 2.75) is 45.7 Å². The molecule has 2 aromatic rings. The molecule has 2 N–H and O–H groups in total. The quantitative estimate of drug-likeness (QED) is 0.836. The molecule has 0 aromatic carbocycles. The third-order valence-corrected chi connectivity index (χ3v) is 3.80. The Balaban J connectivity index is 1.92. The molecule has 110 valence electrons. The summed E-state index contributed by atoms with van der Waals surface area (Å²) in [6.07, 6.45) is 6.83. The van der Waals surface area contributed by atoms with Crippen LogP contribution in [-0.2, 0) is 6.54 Å². The molecule has 0 amide bonds. The van der Waals surface area contributed by atoms with Crippen molar-refractivity contribution in [1.29, 1.82) is 0 Å². The number of nitrogens with two attached hydrogens (primary N) is 1. The summed E-state index contributed by atoms with van der Waals surface area (Å²) >= 11 is 0. The fourth-order valence-corrected chi connectivity index (χ4v) is 2.41. The summed E-state index contributed by atoms with van der Waals surface area (Å²) in [7, 11) is 2.19. The van der Waals surface area contributed by atoms with E-state index in [1.807, 2.05) is 4.57 Å². The standard InChI is InChI=1S/C14H24N6/c1-4-6-11(2)19(3)7-5-8-20-10-18-12-13(15)16-9-17-14(12)20/h9-11H,4-8H2,1-3H3,(H2,15,16,17). The summed E-state index contributed by atoms with van der Waals surface area (Å²) in [5, 5.41) is 0. The fraction of sp³-hybridized carbons (Fsp3) is 0.643. The Hall–Kier alpha value is -1.69. The minimum absolute atomic E-state index is 0.447. The zero-order valence-corrected chi connectivity index (χ0v) is 12.6. The van der Waals surface area contributed by atoms with Gasteiger partial charge in [-0.2, -0.15) is 0 Å². The first-order valence-corrected chi connectivity index (χ1v) is 7.25. The van der Waals surface area contributed by atoms with Gasteiger partial charge in [-0.15, -0.1) is 0 Å². The van der Waals surface area contributed by atoms with E-state index in [-0.39, 0.29) is 0 Å². The molecule has 6 heteroatoms. The Labute approximate surface area is 120 Å². The van der Waals surface area contributed by atoms with Crippen molar-refractivity contribution in [1.82, 2.24) is 24.4 Å². The van der Waals surface area contributed by atoms with Crippen LogP contribution in [0.3, 0.4) is 0 Å². The van der Waals surface area contributed by atoms with Crippen molar-refractivity contribution in [3.63, 3.8) is 0 Å². The van der Waals surface area contributed by atoms with E-state index in [0.29, 0.717) is 17.4 Å².